The van der Waals surface area contributed by atoms with Gasteiger partial charge >= 0.3 is 0 Å². The summed E-state index contributed by atoms with van der Waals surface area (Å²) in [7, 11) is 1.51. The van der Waals surface area contributed by atoms with Gasteiger partial charge in [0.15, 0.2) is 5.78 Å². The number of thiophene rings is 1. The topological polar surface area (TPSA) is 37.4 Å². The van der Waals surface area contributed by atoms with E-state index in [1.165, 1.54) is 29.4 Å². The van der Waals surface area contributed by atoms with Crippen molar-refractivity contribution < 1.29 is 18.4 Å². The fraction of sp³-hybridized carbons (Fsp3) is 0.250. The first-order valence-electron chi connectivity index (χ1n) is 6.83. The van der Waals surface area contributed by atoms with Crippen LogP contribution in [0.5, 0.6) is 0 Å². The number of carbonyl (C=O) groups is 2. The first-order valence-corrected chi connectivity index (χ1v) is 8.02. The van der Waals surface area contributed by atoms with E-state index in [9.17, 15) is 18.4 Å². The maximum atomic E-state index is 13.6. The number of amides is 1. The normalized spacial score (nSPS) is 10.6. The fourth-order valence-electron chi connectivity index (χ4n) is 1.99. The van der Waals surface area contributed by atoms with Crippen LogP contribution in [0.3, 0.4) is 0 Å². The molecule has 0 radical (unpaired) electrons. The molecule has 0 saturated carbocycles. The summed E-state index contributed by atoms with van der Waals surface area (Å²) in [6, 6.07) is 6.47. The molecule has 0 aliphatic heterocycles. The van der Waals surface area contributed by atoms with Gasteiger partial charge < -0.3 is 4.90 Å². The Morgan fingerprint density at radius 1 is 1.17 bits per heavy atom. The number of hydrogen-bond donors (Lipinski definition) is 0. The lowest BCUT2D eigenvalue weighted by molar-refractivity contribution is -0.130. The van der Waals surface area contributed by atoms with Crippen molar-refractivity contribution in [3.63, 3.8) is 0 Å². The summed E-state index contributed by atoms with van der Waals surface area (Å²) in [4.78, 5) is 25.8. The Balaban J connectivity index is 1.88. The molecule has 0 aliphatic rings. The van der Waals surface area contributed by atoms with E-state index in [1.807, 2.05) is 0 Å². The summed E-state index contributed by atoms with van der Waals surface area (Å²) in [5.74, 6) is -1.81. The maximum absolute atomic E-state index is 13.6. The molecule has 23 heavy (non-hydrogen) atoms. The lowest BCUT2D eigenvalue weighted by atomic mass is 10.1. The summed E-state index contributed by atoms with van der Waals surface area (Å²) in [5.41, 5.74) is 0.221. The number of nitrogens with zero attached hydrogens (tertiary/aromatic N) is 1. The van der Waals surface area contributed by atoms with Crippen molar-refractivity contribution in [2.75, 3.05) is 7.05 Å². The second-order valence-electron chi connectivity index (χ2n) is 5.01. The van der Waals surface area contributed by atoms with Crippen LogP contribution in [0.2, 0.25) is 4.34 Å². The third-order valence-corrected chi connectivity index (χ3v) is 4.53. The molecule has 0 spiro atoms. The van der Waals surface area contributed by atoms with Crippen molar-refractivity contribution in [1.29, 1.82) is 0 Å². The number of carbonyl (C=O) groups excluding carboxylic acids is 2. The molecule has 0 saturated heterocycles. The molecule has 0 aliphatic carbocycles. The van der Waals surface area contributed by atoms with Gasteiger partial charge in [0.1, 0.15) is 11.6 Å². The number of ketones is 1. The third-order valence-electron chi connectivity index (χ3n) is 3.26. The van der Waals surface area contributed by atoms with Crippen LogP contribution in [-0.4, -0.2) is 23.6 Å². The van der Waals surface area contributed by atoms with Crippen LogP contribution >= 0.6 is 22.9 Å². The van der Waals surface area contributed by atoms with Crippen molar-refractivity contribution in [3.05, 3.63) is 56.7 Å². The van der Waals surface area contributed by atoms with Gasteiger partial charge in [0, 0.05) is 38.1 Å². The molecule has 0 N–H and O–H groups in total. The van der Waals surface area contributed by atoms with E-state index in [0.717, 1.165) is 12.1 Å². The van der Waals surface area contributed by atoms with Crippen molar-refractivity contribution in [3.8, 4) is 0 Å². The predicted octanol–water partition coefficient (Wildman–Crippen LogP) is 4.30. The van der Waals surface area contributed by atoms with Crippen LogP contribution in [0.4, 0.5) is 8.78 Å². The van der Waals surface area contributed by atoms with Crippen molar-refractivity contribution in [2.24, 2.45) is 0 Å². The summed E-state index contributed by atoms with van der Waals surface area (Å²) < 4.78 is 26.9. The quantitative estimate of drug-likeness (QED) is 0.723. The van der Waals surface area contributed by atoms with Gasteiger partial charge in [-0.3, -0.25) is 9.59 Å². The van der Waals surface area contributed by atoms with E-state index in [1.54, 1.807) is 12.1 Å². The summed E-state index contributed by atoms with van der Waals surface area (Å²) >= 11 is 6.93. The molecule has 7 heteroatoms. The van der Waals surface area contributed by atoms with Gasteiger partial charge in [0.2, 0.25) is 5.91 Å². The van der Waals surface area contributed by atoms with Gasteiger partial charge in [-0.25, -0.2) is 8.78 Å². The van der Waals surface area contributed by atoms with Crippen LogP contribution < -0.4 is 0 Å². The summed E-state index contributed by atoms with van der Waals surface area (Å²) in [5, 5.41) is 0. The summed E-state index contributed by atoms with van der Waals surface area (Å²) in [6.45, 7) is 0.0178. The van der Waals surface area contributed by atoms with Crippen LogP contribution in [0.15, 0.2) is 30.3 Å². The fourth-order valence-corrected chi connectivity index (χ4v) is 3.00. The molecule has 2 rings (SSSR count). The zero-order chi connectivity index (χ0) is 17.0. The minimum Gasteiger partial charge on any atom is -0.341 e. The zero-order valence-corrected chi connectivity index (χ0v) is 13.9. The van der Waals surface area contributed by atoms with Gasteiger partial charge in [0.25, 0.3) is 0 Å². The highest BCUT2D eigenvalue weighted by Gasteiger charge is 2.15. The Morgan fingerprint density at radius 3 is 2.52 bits per heavy atom. The minimum atomic E-state index is -0.700. The number of benzene rings is 1. The second kappa shape index (κ2) is 7.66. The number of halogens is 3. The van der Waals surface area contributed by atoms with Crippen LogP contribution in [0.1, 0.15) is 28.1 Å². The minimum absolute atomic E-state index is 0.0178. The van der Waals surface area contributed by atoms with E-state index in [2.05, 4.69) is 0 Å². The molecule has 1 aromatic heterocycles. The Morgan fingerprint density at radius 2 is 1.91 bits per heavy atom. The van der Waals surface area contributed by atoms with Crippen molar-refractivity contribution in [2.45, 2.75) is 19.4 Å². The highest BCUT2D eigenvalue weighted by molar-refractivity contribution is 7.18. The van der Waals surface area contributed by atoms with Gasteiger partial charge in [-0.2, -0.15) is 0 Å². The average molecular weight is 358 g/mol. The highest BCUT2D eigenvalue weighted by Crippen LogP contribution is 2.23. The van der Waals surface area contributed by atoms with Gasteiger partial charge in [-0.15, -0.1) is 11.3 Å². The molecule has 122 valence electrons. The Kier molecular flexibility index (Phi) is 5.85. The highest BCUT2D eigenvalue weighted by atomic mass is 35.5. The Hall–Kier alpha value is -1.79. The van der Waals surface area contributed by atoms with E-state index in [4.69, 9.17) is 11.6 Å². The largest absolute Gasteiger partial charge is 0.341 e. The third kappa shape index (κ3) is 4.84. The first kappa shape index (κ1) is 17.6. The molecule has 0 fully saturated rings. The van der Waals surface area contributed by atoms with E-state index < -0.39 is 11.6 Å². The maximum Gasteiger partial charge on any atom is 0.223 e. The molecule has 3 nitrogen and oxygen atoms in total. The van der Waals surface area contributed by atoms with Crippen LogP contribution in [-0.2, 0) is 11.3 Å². The molecule has 1 aromatic carbocycles. The average Bonchev–Trinajstić information content (AvgIpc) is 2.93. The van der Waals surface area contributed by atoms with E-state index >= 15 is 0 Å². The first-order chi connectivity index (χ1) is 10.9. The SMILES string of the molecule is CN(Cc1ccc(F)cc1F)C(=O)CCC(=O)c1ccc(Cl)s1. The Bertz CT molecular complexity index is 733. The molecular weight excluding hydrogens is 344 g/mol. The lowest BCUT2D eigenvalue weighted by Crippen LogP contribution is -2.27. The van der Waals surface area contributed by atoms with Crippen molar-refractivity contribution in [1.82, 2.24) is 4.90 Å². The lowest BCUT2D eigenvalue weighted by Gasteiger charge is -2.17. The number of hydrogen-bond acceptors (Lipinski definition) is 3. The smallest absolute Gasteiger partial charge is 0.223 e. The van der Waals surface area contributed by atoms with Crippen LogP contribution in [0.25, 0.3) is 0 Å². The molecule has 0 atom stereocenters. The number of rotatable bonds is 6. The van der Waals surface area contributed by atoms with Crippen LogP contribution in [0, 0.1) is 11.6 Å². The zero-order valence-electron chi connectivity index (χ0n) is 12.3. The molecule has 2 aromatic rings. The van der Waals surface area contributed by atoms with Gasteiger partial charge in [-0.1, -0.05) is 17.7 Å². The Labute approximate surface area is 141 Å². The molecule has 0 unspecified atom stereocenters. The van der Waals surface area contributed by atoms with E-state index in [-0.39, 0.29) is 36.6 Å². The standard InChI is InChI=1S/C16H14ClF2NO2S/c1-20(9-10-2-3-11(18)8-12(10)19)16(22)7-4-13(21)14-5-6-15(17)23-14/h2-3,5-6,8H,4,7,9H2,1H3. The molecule has 0 bridgehead atoms. The van der Waals surface area contributed by atoms with Crippen molar-refractivity contribution >= 4 is 34.6 Å². The molecule has 1 heterocycles. The predicted molar refractivity (Wildman–Crippen MR) is 85.7 cm³/mol. The van der Waals surface area contributed by atoms with E-state index in [0.29, 0.717) is 9.21 Å². The monoisotopic (exact) mass is 357 g/mol. The van der Waals surface area contributed by atoms with Gasteiger partial charge in [0.05, 0.1) is 9.21 Å². The second-order valence-corrected chi connectivity index (χ2v) is 6.73. The summed E-state index contributed by atoms with van der Waals surface area (Å²) in [6.07, 6.45) is 0.0829. The molecule has 1 amide bonds. The number of Topliss-reactive ketones (excluding diaryl/α,β-unsaturated/α-hetero) is 1. The molecular formula is C16H14ClF2NO2S. The van der Waals surface area contributed by atoms with Gasteiger partial charge in [-0.05, 0) is 18.2 Å².